The Hall–Kier alpha value is -4.14. The molecule has 2 aromatic heterocycles. The Morgan fingerprint density at radius 1 is 0.970 bits per heavy atom. The molecule has 9 heteroatoms. The average Bonchev–Trinajstić information content (AvgIpc) is 3.23. The van der Waals surface area contributed by atoms with Crippen molar-refractivity contribution in [2.45, 2.75) is 26.7 Å². The van der Waals surface area contributed by atoms with Gasteiger partial charge in [0.05, 0.1) is 14.2 Å². The lowest BCUT2D eigenvalue weighted by Gasteiger charge is -2.10. The van der Waals surface area contributed by atoms with Crippen molar-refractivity contribution in [1.82, 2.24) is 19.2 Å². The van der Waals surface area contributed by atoms with E-state index >= 15 is 0 Å². The number of nitrogens with zero attached hydrogens (tertiary/aromatic N) is 4. The van der Waals surface area contributed by atoms with Gasteiger partial charge in [0.2, 0.25) is 11.6 Å². The first-order valence-electron chi connectivity index (χ1n) is 10.5. The Bertz CT molecular complexity index is 1390. The van der Waals surface area contributed by atoms with Crippen LogP contribution in [0.5, 0.6) is 11.5 Å². The van der Waals surface area contributed by atoms with Crippen molar-refractivity contribution in [3.63, 3.8) is 0 Å². The van der Waals surface area contributed by atoms with E-state index in [1.807, 2.05) is 32.0 Å². The van der Waals surface area contributed by atoms with Crippen molar-refractivity contribution in [2.75, 3.05) is 19.5 Å². The highest BCUT2D eigenvalue weighted by molar-refractivity contribution is 5.91. The maximum atomic E-state index is 13.0. The molecule has 0 saturated carbocycles. The second-order valence-corrected chi connectivity index (χ2v) is 7.67. The number of amides is 1. The average molecular weight is 447 g/mol. The smallest absolute Gasteiger partial charge is 0.300 e. The fourth-order valence-corrected chi connectivity index (χ4v) is 3.55. The van der Waals surface area contributed by atoms with Crippen LogP contribution in [0.15, 0.2) is 53.6 Å². The zero-order valence-corrected chi connectivity index (χ0v) is 19.0. The van der Waals surface area contributed by atoms with Gasteiger partial charge in [0, 0.05) is 42.7 Å². The van der Waals surface area contributed by atoms with Crippen LogP contribution in [0.4, 0.5) is 5.69 Å². The van der Waals surface area contributed by atoms with Gasteiger partial charge in [-0.1, -0.05) is 6.07 Å². The first-order chi connectivity index (χ1) is 15.9. The van der Waals surface area contributed by atoms with Gasteiger partial charge in [-0.25, -0.2) is 0 Å². The minimum Gasteiger partial charge on any atom is -0.493 e. The Balaban J connectivity index is 1.49. The van der Waals surface area contributed by atoms with Crippen molar-refractivity contribution >= 4 is 17.2 Å². The molecule has 33 heavy (non-hydrogen) atoms. The van der Waals surface area contributed by atoms with Gasteiger partial charge in [-0.15, -0.1) is 10.2 Å². The molecular formula is C24H25N5O4. The summed E-state index contributed by atoms with van der Waals surface area (Å²) in [5.74, 6) is 1.45. The highest BCUT2D eigenvalue weighted by Crippen LogP contribution is 2.29. The third-order valence-corrected chi connectivity index (χ3v) is 5.55. The number of carbonyl (C=O) groups is 1. The third-order valence-electron chi connectivity index (χ3n) is 5.55. The van der Waals surface area contributed by atoms with E-state index in [0.29, 0.717) is 29.4 Å². The SMILES string of the molecule is COc1ccc(NC(=O)CCc2nnc3c(=O)n(-c4ccc(C)c(C)c4)ccn23)cc1OC. The van der Waals surface area contributed by atoms with Crippen molar-refractivity contribution in [3.05, 3.63) is 76.1 Å². The lowest BCUT2D eigenvalue weighted by Crippen LogP contribution is -2.20. The third kappa shape index (κ3) is 4.43. The first-order valence-corrected chi connectivity index (χ1v) is 10.5. The molecule has 2 aromatic carbocycles. The molecule has 0 atom stereocenters. The van der Waals surface area contributed by atoms with Gasteiger partial charge in [0.25, 0.3) is 0 Å². The monoisotopic (exact) mass is 447 g/mol. The highest BCUT2D eigenvalue weighted by atomic mass is 16.5. The Labute approximate surface area is 190 Å². The van der Waals surface area contributed by atoms with Gasteiger partial charge in [-0.05, 0) is 49.2 Å². The Morgan fingerprint density at radius 3 is 2.48 bits per heavy atom. The topological polar surface area (TPSA) is 99.8 Å². The Morgan fingerprint density at radius 2 is 1.76 bits per heavy atom. The van der Waals surface area contributed by atoms with Crippen LogP contribution < -0.4 is 20.3 Å². The number of benzene rings is 2. The van der Waals surface area contributed by atoms with Crippen LogP contribution >= 0.6 is 0 Å². The molecule has 0 spiro atoms. The molecule has 4 rings (SSSR count). The summed E-state index contributed by atoms with van der Waals surface area (Å²) in [6.07, 6.45) is 3.94. The predicted molar refractivity (Wildman–Crippen MR) is 125 cm³/mol. The van der Waals surface area contributed by atoms with Crippen LogP contribution in [0.25, 0.3) is 11.3 Å². The Kier molecular flexibility index (Phi) is 6.12. The van der Waals surface area contributed by atoms with Crippen molar-refractivity contribution in [2.24, 2.45) is 0 Å². The zero-order valence-electron chi connectivity index (χ0n) is 19.0. The lowest BCUT2D eigenvalue weighted by atomic mass is 10.1. The number of aryl methyl sites for hydroxylation is 3. The van der Waals surface area contributed by atoms with Gasteiger partial charge < -0.3 is 14.8 Å². The van der Waals surface area contributed by atoms with Gasteiger partial charge in [0.1, 0.15) is 5.82 Å². The number of aromatic nitrogens is 4. The van der Waals surface area contributed by atoms with Crippen LogP contribution in [0.3, 0.4) is 0 Å². The summed E-state index contributed by atoms with van der Waals surface area (Å²) >= 11 is 0. The molecule has 0 aliphatic rings. The zero-order chi connectivity index (χ0) is 23.5. The molecule has 0 radical (unpaired) electrons. The van der Waals surface area contributed by atoms with E-state index in [1.54, 1.807) is 46.7 Å². The van der Waals surface area contributed by atoms with E-state index < -0.39 is 0 Å². The summed E-state index contributed by atoms with van der Waals surface area (Å²) in [5, 5.41) is 11.0. The second-order valence-electron chi connectivity index (χ2n) is 7.67. The molecule has 0 aliphatic heterocycles. The summed E-state index contributed by atoms with van der Waals surface area (Å²) in [6.45, 7) is 4.03. The van der Waals surface area contributed by atoms with Crippen LogP contribution in [0.2, 0.25) is 0 Å². The van der Waals surface area contributed by atoms with Gasteiger partial charge >= 0.3 is 5.56 Å². The first kappa shape index (κ1) is 22.1. The molecule has 1 N–H and O–H groups in total. The molecule has 9 nitrogen and oxygen atoms in total. The van der Waals surface area contributed by atoms with Gasteiger partial charge in [-0.2, -0.15) is 0 Å². The molecule has 1 amide bonds. The fourth-order valence-electron chi connectivity index (χ4n) is 3.55. The maximum absolute atomic E-state index is 13.0. The highest BCUT2D eigenvalue weighted by Gasteiger charge is 2.14. The largest absolute Gasteiger partial charge is 0.493 e. The molecule has 0 fully saturated rings. The number of hydrogen-bond acceptors (Lipinski definition) is 6. The number of anilines is 1. The molecular weight excluding hydrogens is 422 g/mol. The summed E-state index contributed by atoms with van der Waals surface area (Å²) in [7, 11) is 3.09. The van der Waals surface area contributed by atoms with Crippen molar-refractivity contribution < 1.29 is 14.3 Å². The second kappa shape index (κ2) is 9.15. The van der Waals surface area contributed by atoms with Crippen molar-refractivity contribution in [1.29, 1.82) is 0 Å². The molecule has 170 valence electrons. The summed E-state index contributed by atoms with van der Waals surface area (Å²) < 4.78 is 13.6. The number of nitrogens with one attached hydrogen (secondary N) is 1. The molecule has 0 saturated heterocycles. The lowest BCUT2D eigenvalue weighted by molar-refractivity contribution is -0.116. The minimum absolute atomic E-state index is 0.176. The number of rotatable bonds is 7. The predicted octanol–water partition coefficient (Wildman–Crippen LogP) is 3.09. The maximum Gasteiger partial charge on any atom is 0.300 e. The van der Waals surface area contributed by atoms with Crippen molar-refractivity contribution in [3.8, 4) is 17.2 Å². The van der Waals surface area contributed by atoms with E-state index in [2.05, 4.69) is 15.5 Å². The van der Waals surface area contributed by atoms with E-state index in [0.717, 1.165) is 16.8 Å². The standard InChI is InChI=1S/C24H25N5O4/c1-15-5-7-18(13-16(15)2)28-11-12-29-21(26-27-23(29)24(28)31)9-10-22(30)25-17-6-8-19(32-3)20(14-17)33-4/h5-8,11-14H,9-10H2,1-4H3,(H,25,30). The summed E-state index contributed by atoms with van der Waals surface area (Å²) in [4.78, 5) is 25.4. The normalized spacial score (nSPS) is 10.9. The van der Waals surface area contributed by atoms with E-state index in [9.17, 15) is 9.59 Å². The fraction of sp³-hybridized carbons (Fsp3) is 0.250. The van der Waals surface area contributed by atoms with E-state index in [-0.39, 0.29) is 23.5 Å². The van der Waals surface area contributed by atoms with E-state index in [1.165, 1.54) is 7.11 Å². The van der Waals surface area contributed by atoms with Gasteiger partial charge in [0.15, 0.2) is 11.5 Å². The number of ether oxygens (including phenoxy) is 2. The molecule has 0 bridgehead atoms. The van der Waals surface area contributed by atoms with Crippen LogP contribution in [-0.4, -0.2) is 39.3 Å². The number of hydrogen-bond donors (Lipinski definition) is 1. The molecule has 2 heterocycles. The molecule has 0 aliphatic carbocycles. The molecule has 4 aromatic rings. The molecule has 0 unspecified atom stereocenters. The van der Waals surface area contributed by atoms with E-state index in [4.69, 9.17) is 9.47 Å². The minimum atomic E-state index is -0.269. The number of methoxy groups -OCH3 is 2. The van der Waals surface area contributed by atoms with Crippen LogP contribution in [-0.2, 0) is 11.2 Å². The summed E-state index contributed by atoms with van der Waals surface area (Å²) in [6, 6.07) is 11.0. The van der Waals surface area contributed by atoms with Gasteiger partial charge in [-0.3, -0.25) is 18.6 Å². The van der Waals surface area contributed by atoms with Crippen LogP contribution in [0.1, 0.15) is 23.4 Å². The number of fused-ring (bicyclic) bond motifs is 1. The quantitative estimate of drug-likeness (QED) is 0.467. The summed E-state index contributed by atoms with van der Waals surface area (Å²) in [5.41, 5.74) is 3.57. The van der Waals surface area contributed by atoms with Crippen LogP contribution in [0, 0.1) is 13.8 Å². The number of carbonyl (C=O) groups excluding carboxylic acids is 1.